The minimum atomic E-state index is -0.166. The first-order valence-corrected chi connectivity index (χ1v) is 7.06. The van der Waals surface area contributed by atoms with Gasteiger partial charge >= 0.3 is 0 Å². The lowest BCUT2D eigenvalue weighted by Gasteiger charge is -2.38. The molecule has 0 radical (unpaired) electrons. The van der Waals surface area contributed by atoms with Crippen LogP contribution in [0.2, 0.25) is 0 Å². The van der Waals surface area contributed by atoms with Crippen LogP contribution >= 0.6 is 15.9 Å². The van der Waals surface area contributed by atoms with Gasteiger partial charge in [-0.2, -0.15) is 0 Å². The molecule has 1 saturated heterocycles. The second kappa shape index (κ2) is 5.49. The highest BCUT2D eigenvalue weighted by Gasteiger charge is 2.25. The summed E-state index contributed by atoms with van der Waals surface area (Å²) >= 11 is 3.34. The van der Waals surface area contributed by atoms with E-state index in [-0.39, 0.29) is 5.82 Å². The second-order valence-corrected chi connectivity index (χ2v) is 5.84. The molecule has 1 fully saturated rings. The summed E-state index contributed by atoms with van der Waals surface area (Å²) in [5.41, 5.74) is 1.05. The highest BCUT2D eigenvalue weighted by Crippen LogP contribution is 2.27. The Kier molecular flexibility index (Phi) is 4.21. The number of hydrogen-bond donors (Lipinski definition) is 0. The van der Waals surface area contributed by atoms with Gasteiger partial charge in [-0.3, -0.25) is 4.90 Å². The van der Waals surface area contributed by atoms with Crippen molar-refractivity contribution in [3.63, 3.8) is 0 Å². The van der Waals surface area contributed by atoms with Crippen LogP contribution in [-0.2, 0) is 6.54 Å². The molecular formula is C14H19BrFN. The smallest absolute Gasteiger partial charge is 0.137 e. The van der Waals surface area contributed by atoms with E-state index in [1.807, 2.05) is 6.07 Å². The molecule has 2 rings (SSSR count). The number of hydrogen-bond acceptors (Lipinski definition) is 1. The fourth-order valence-electron chi connectivity index (χ4n) is 2.53. The zero-order valence-electron chi connectivity index (χ0n) is 10.4. The van der Waals surface area contributed by atoms with E-state index in [2.05, 4.69) is 34.7 Å². The zero-order valence-corrected chi connectivity index (χ0v) is 12.0. The molecule has 1 heterocycles. The lowest BCUT2D eigenvalue weighted by atomic mass is 9.92. The van der Waals surface area contributed by atoms with E-state index in [4.69, 9.17) is 0 Å². The van der Waals surface area contributed by atoms with Crippen LogP contribution < -0.4 is 0 Å². The van der Waals surface area contributed by atoms with Crippen molar-refractivity contribution in [3.8, 4) is 0 Å². The molecule has 1 aromatic carbocycles. The van der Waals surface area contributed by atoms with Crippen molar-refractivity contribution < 1.29 is 4.39 Å². The maximum Gasteiger partial charge on any atom is 0.137 e. The van der Waals surface area contributed by atoms with Crippen LogP contribution in [-0.4, -0.2) is 17.5 Å². The molecule has 1 aliphatic rings. The van der Waals surface area contributed by atoms with Gasteiger partial charge in [0.15, 0.2) is 0 Å². The van der Waals surface area contributed by atoms with Crippen LogP contribution in [0.3, 0.4) is 0 Å². The molecule has 0 saturated carbocycles. The van der Waals surface area contributed by atoms with Crippen LogP contribution in [0.5, 0.6) is 0 Å². The highest BCUT2D eigenvalue weighted by atomic mass is 79.9. The number of piperidine rings is 1. The Labute approximate surface area is 111 Å². The van der Waals surface area contributed by atoms with Gasteiger partial charge in [-0.15, -0.1) is 0 Å². The standard InChI is InChI=1S/C14H19BrFN/c1-10-5-4-8-17(11(10)2)9-12-6-3-7-13(16)14(12)15/h3,6-7,10-11H,4-5,8-9H2,1-2H3. The molecule has 17 heavy (non-hydrogen) atoms. The van der Waals surface area contributed by atoms with Crippen molar-refractivity contribution in [2.45, 2.75) is 39.3 Å². The van der Waals surface area contributed by atoms with Gasteiger partial charge in [-0.05, 0) is 59.8 Å². The molecule has 0 aromatic heterocycles. The van der Waals surface area contributed by atoms with Crippen LogP contribution in [0.25, 0.3) is 0 Å². The van der Waals surface area contributed by atoms with E-state index in [0.29, 0.717) is 10.5 Å². The van der Waals surface area contributed by atoms with Gasteiger partial charge in [0.2, 0.25) is 0 Å². The summed E-state index contributed by atoms with van der Waals surface area (Å²) in [4.78, 5) is 2.45. The number of halogens is 2. The van der Waals surface area contributed by atoms with Crippen molar-refractivity contribution in [2.24, 2.45) is 5.92 Å². The average Bonchev–Trinajstić information content (AvgIpc) is 2.31. The molecular weight excluding hydrogens is 281 g/mol. The molecule has 0 aliphatic carbocycles. The summed E-state index contributed by atoms with van der Waals surface area (Å²) in [6.45, 7) is 6.53. The second-order valence-electron chi connectivity index (χ2n) is 5.04. The lowest BCUT2D eigenvalue weighted by Crippen LogP contribution is -2.41. The molecule has 0 N–H and O–H groups in total. The lowest BCUT2D eigenvalue weighted by molar-refractivity contribution is 0.106. The van der Waals surface area contributed by atoms with Crippen molar-refractivity contribution in [3.05, 3.63) is 34.1 Å². The molecule has 0 bridgehead atoms. The molecule has 0 amide bonds. The number of likely N-dealkylation sites (tertiary alicyclic amines) is 1. The fourth-order valence-corrected chi connectivity index (χ4v) is 2.92. The number of rotatable bonds is 2. The zero-order chi connectivity index (χ0) is 12.4. The first kappa shape index (κ1) is 13.0. The maximum absolute atomic E-state index is 13.4. The molecule has 1 nitrogen and oxygen atoms in total. The predicted octanol–water partition coefficient (Wildman–Crippen LogP) is 4.21. The first-order valence-electron chi connectivity index (χ1n) is 6.26. The summed E-state index contributed by atoms with van der Waals surface area (Å²) in [5.74, 6) is 0.566. The molecule has 1 aromatic rings. The Morgan fingerprint density at radius 1 is 1.41 bits per heavy atom. The Hall–Kier alpha value is -0.410. The number of benzene rings is 1. The summed E-state index contributed by atoms with van der Waals surface area (Å²) in [6.07, 6.45) is 2.56. The summed E-state index contributed by atoms with van der Waals surface area (Å²) < 4.78 is 14.1. The normalized spacial score (nSPS) is 26.1. The van der Waals surface area contributed by atoms with Crippen LogP contribution in [0.15, 0.2) is 22.7 Å². The topological polar surface area (TPSA) is 3.24 Å². The predicted molar refractivity (Wildman–Crippen MR) is 72.4 cm³/mol. The third-order valence-corrected chi connectivity index (χ3v) is 4.80. The van der Waals surface area contributed by atoms with E-state index < -0.39 is 0 Å². The van der Waals surface area contributed by atoms with Gasteiger partial charge in [0.1, 0.15) is 5.82 Å². The maximum atomic E-state index is 13.4. The van der Waals surface area contributed by atoms with Gasteiger partial charge in [-0.25, -0.2) is 4.39 Å². The molecule has 0 spiro atoms. The van der Waals surface area contributed by atoms with Crippen molar-refractivity contribution in [2.75, 3.05) is 6.54 Å². The monoisotopic (exact) mass is 299 g/mol. The van der Waals surface area contributed by atoms with Gasteiger partial charge in [0, 0.05) is 12.6 Å². The minimum Gasteiger partial charge on any atom is -0.296 e. The van der Waals surface area contributed by atoms with Gasteiger partial charge in [0.05, 0.1) is 4.47 Å². The molecule has 2 atom stereocenters. The molecule has 2 unspecified atom stereocenters. The number of nitrogens with zero attached hydrogens (tertiary/aromatic N) is 1. The molecule has 3 heteroatoms. The van der Waals surface area contributed by atoms with E-state index in [0.717, 1.165) is 24.6 Å². The van der Waals surface area contributed by atoms with Crippen LogP contribution in [0, 0.1) is 11.7 Å². The van der Waals surface area contributed by atoms with E-state index >= 15 is 0 Å². The largest absolute Gasteiger partial charge is 0.296 e. The third kappa shape index (κ3) is 2.89. The molecule has 1 aliphatic heterocycles. The fraction of sp³-hybridized carbons (Fsp3) is 0.571. The summed E-state index contributed by atoms with van der Waals surface area (Å²) in [5, 5.41) is 0. The Morgan fingerprint density at radius 2 is 2.18 bits per heavy atom. The van der Waals surface area contributed by atoms with Gasteiger partial charge in [0.25, 0.3) is 0 Å². The Bertz CT molecular complexity index is 394. The Balaban J connectivity index is 2.12. The van der Waals surface area contributed by atoms with Crippen LogP contribution in [0.4, 0.5) is 4.39 Å². The Morgan fingerprint density at radius 3 is 2.94 bits per heavy atom. The average molecular weight is 300 g/mol. The molecule has 94 valence electrons. The third-order valence-electron chi connectivity index (χ3n) is 3.91. The van der Waals surface area contributed by atoms with Crippen LogP contribution in [0.1, 0.15) is 32.3 Å². The highest BCUT2D eigenvalue weighted by molar-refractivity contribution is 9.10. The summed E-state index contributed by atoms with van der Waals surface area (Å²) in [6, 6.07) is 5.86. The SMILES string of the molecule is CC1CCCN(Cc2cccc(F)c2Br)C1C. The minimum absolute atomic E-state index is 0.166. The van der Waals surface area contributed by atoms with Gasteiger partial charge < -0.3 is 0 Å². The van der Waals surface area contributed by atoms with Crippen molar-refractivity contribution in [1.82, 2.24) is 4.90 Å². The first-order chi connectivity index (χ1) is 8.09. The van der Waals surface area contributed by atoms with E-state index in [1.54, 1.807) is 6.07 Å². The van der Waals surface area contributed by atoms with Crippen molar-refractivity contribution in [1.29, 1.82) is 0 Å². The van der Waals surface area contributed by atoms with E-state index in [9.17, 15) is 4.39 Å². The van der Waals surface area contributed by atoms with E-state index in [1.165, 1.54) is 18.9 Å². The van der Waals surface area contributed by atoms with Gasteiger partial charge in [-0.1, -0.05) is 19.1 Å². The quantitative estimate of drug-likeness (QED) is 0.791. The van der Waals surface area contributed by atoms with Crippen molar-refractivity contribution >= 4 is 15.9 Å². The summed E-state index contributed by atoms with van der Waals surface area (Å²) in [7, 11) is 0.